The highest BCUT2D eigenvalue weighted by Crippen LogP contribution is 2.25. The quantitative estimate of drug-likeness (QED) is 0.740. The van der Waals surface area contributed by atoms with Gasteiger partial charge in [0.2, 0.25) is 10.0 Å². The second kappa shape index (κ2) is 8.88. The highest BCUT2D eigenvalue weighted by Gasteiger charge is 2.32. The van der Waals surface area contributed by atoms with Crippen LogP contribution in [0.3, 0.4) is 0 Å². The Hall–Kier alpha value is -2.22. The van der Waals surface area contributed by atoms with Gasteiger partial charge in [0.1, 0.15) is 0 Å². The molecule has 162 valence electrons. The summed E-state index contributed by atoms with van der Waals surface area (Å²) < 4.78 is 29.0. The minimum atomic E-state index is -3.71. The van der Waals surface area contributed by atoms with Crippen LogP contribution in [0.5, 0.6) is 0 Å². The second-order valence-electron chi connectivity index (χ2n) is 8.90. The van der Waals surface area contributed by atoms with E-state index in [9.17, 15) is 13.2 Å². The molecule has 0 bridgehead atoms. The van der Waals surface area contributed by atoms with E-state index in [4.69, 9.17) is 0 Å². The molecule has 0 fully saturated rings. The molecule has 1 atom stereocenters. The summed E-state index contributed by atoms with van der Waals surface area (Å²) in [5.74, 6) is -0.246. The summed E-state index contributed by atoms with van der Waals surface area (Å²) in [6.07, 6.45) is 0.973. The smallest absolute Gasteiger partial charge is 0.251 e. The van der Waals surface area contributed by atoms with Crippen molar-refractivity contribution in [1.29, 1.82) is 0 Å². The first-order valence-corrected chi connectivity index (χ1v) is 11.7. The van der Waals surface area contributed by atoms with Crippen molar-refractivity contribution in [2.45, 2.75) is 44.7 Å². The van der Waals surface area contributed by atoms with Crippen LogP contribution in [0.1, 0.15) is 42.3 Å². The molecule has 2 N–H and O–H groups in total. The molecule has 1 heterocycles. The fraction of sp³-hybridized carbons (Fsp3) is 0.435. The molecule has 0 aromatic heterocycles. The van der Waals surface area contributed by atoms with E-state index >= 15 is 0 Å². The molecule has 0 saturated heterocycles. The zero-order chi connectivity index (χ0) is 21.9. The van der Waals surface area contributed by atoms with E-state index < -0.39 is 10.0 Å². The van der Waals surface area contributed by atoms with E-state index in [1.165, 1.54) is 35.4 Å². The number of rotatable bonds is 6. The van der Waals surface area contributed by atoms with Gasteiger partial charge in [-0.05, 0) is 47.2 Å². The molecule has 30 heavy (non-hydrogen) atoms. The maximum absolute atomic E-state index is 13.0. The van der Waals surface area contributed by atoms with Gasteiger partial charge in [0.15, 0.2) is 0 Å². The third-order valence-corrected chi connectivity index (χ3v) is 7.13. The van der Waals surface area contributed by atoms with Gasteiger partial charge in [-0.3, -0.25) is 9.69 Å². The molecule has 1 aliphatic rings. The predicted octanol–water partition coefficient (Wildman–Crippen LogP) is 2.80. The van der Waals surface area contributed by atoms with Crippen molar-refractivity contribution in [3.8, 4) is 0 Å². The monoisotopic (exact) mass is 429 g/mol. The predicted molar refractivity (Wildman–Crippen MR) is 119 cm³/mol. The fourth-order valence-electron chi connectivity index (χ4n) is 3.64. The van der Waals surface area contributed by atoms with Crippen LogP contribution in [-0.4, -0.2) is 45.4 Å². The lowest BCUT2D eigenvalue weighted by atomic mass is 9.86. The third-order valence-electron chi connectivity index (χ3n) is 5.65. The van der Waals surface area contributed by atoms with Gasteiger partial charge < -0.3 is 5.32 Å². The Labute approximate surface area is 179 Å². The maximum atomic E-state index is 13.0. The standard InChI is InChI=1S/C23H31N3O3S/c1-23(2,3)21(16-26-14-13-17-7-5-6-8-19(17)15-26)25-30(28,29)20-11-9-18(10-12-20)22(27)24-4/h5-12,21,25H,13-16H2,1-4H3,(H,24,27). The molecule has 7 heteroatoms. The van der Waals surface area contributed by atoms with E-state index in [0.29, 0.717) is 12.1 Å². The normalized spacial score (nSPS) is 16.0. The van der Waals surface area contributed by atoms with Crippen molar-refractivity contribution in [1.82, 2.24) is 14.9 Å². The van der Waals surface area contributed by atoms with Gasteiger partial charge in [0, 0.05) is 38.3 Å². The molecule has 1 amide bonds. The molecule has 0 aliphatic carbocycles. The molecule has 1 unspecified atom stereocenters. The van der Waals surface area contributed by atoms with Crippen LogP contribution < -0.4 is 10.0 Å². The van der Waals surface area contributed by atoms with Gasteiger partial charge in [-0.25, -0.2) is 13.1 Å². The third kappa shape index (κ3) is 5.28. The molecular weight excluding hydrogens is 398 g/mol. The van der Waals surface area contributed by atoms with Crippen LogP contribution in [-0.2, 0) is 23.0 Å². The largest absolute Gasteiger partial charge is 0.355 e. The van der Waals surface area contributed by atoms with Gasteiger partial charge in [-0.1, -0.05) is 45.0 Å². The number of carbonyl (C=O) groups excluding carboxylic acids is 1. The van der Waals surface area contributed by atoms with E-state index in [2.05, 4.69) is 39.2 Å². The van der Waals surface area contributed by atoms with Crippen LogP contribution in [0.4, 0.5) is 0 Å². The zero-order valence-corrected chi connectivity index (χ0v) is 18.9. The molecule has 0 radical (unpaired) electrons. The van der Waals surface area contributed by atoms with E-state index in [-0.39, 0.29) is 22.3 Å². The lowest BCUT2D eigenvalue weighted by Crippen LogP contribution is -2.51. The highest BCUT2D eigenvalue weighted by atomic mass is 32.2. The molecule has 6 nitrogen and oxygen atoms in total. The van der Waals surface area contributed by atoms with E-state index in [1.54, 1.807) is 7.05 Å². The Kier molecular flexibility index (Phi) is 6.65. The Balaban J connectivity index is 1.75. The minimum absolute atomic E-state index is 0.161. The van der Waals surface area contributed by atoms with Gasteiger partial charge in [0.05, 0.1) is 4.90 Å². The summed E-state index contributed by atoms with van der Waals surface area (Å²) in [6, 6.07) is 14.2. The molecule has 3 rings (SSSR count). The Morgan fingerprint density at radius 1 is 1.07 bits per heavy atom. The SMILES string of the molecule is CNC(=O)c1ccc(S(=O)(=O)NC(CN2CCc3ccccc3C2)C(C)(C)C)cc1. The molecule has 0 spiro atoms. The van der Waals surface area contributed by atoms with Crippen LogP contribution in [0.2, 0.25) is 0 Å². The van der Waals surface area contributed by atoms with Crippen molar-refractivity contribution in [2.24, 2.45) is 5.41 Å². The van der Waals surface area contributed by atoms with Crippen molar-refractivity contribution in [3.05, 3.63) is 65.2 Å². The van der Waals surface area contributed by atoms with Crippen molar-refractivity contribution >= 4 is 15.9 Å². The number of sulfonamides is 1. The molecule has 1 aliphatic heterocycles. The number of carbonyl (C=O) groups is 1. The summed E-state index contributed by atoms with van der Waals surface area (Å²) in [6.45, 7) is 8.51. The first-order chi connectivity index (χ1) is 14.1. The number of nitrogens with zero attached hydrogens (tertiary/aromatic N) is 1. The number of fused-ring (bicyclic) bond motifs is 1. The van der Waals surface area contributed by atoms with Crippen molar-refractivity contribution in [3.63, 3.8) is 0 Å². The average Bonchev–Trinajstić information content (AvgIpc) is 2.72. The van der Waals surface area contributed by atoms with E-state index in [0.717, 1.165) is 19.5 Å². The number of hydrogen-bond donors (Lipinski definition) is 2. The van der Waals surface area contributed by atoms with Gasteiger partial charge >= 0.3 is 0 Å². The van der Waals surface area contributed by atoms with Gasteiger partial charge in [-0.2, -0.15) is 0 Å². The zero-order valence-electron chi connectivity index (χ0n) is 18.1. The van der Waals surface area contributed by atoms with Crippen molar-refractivity contribution < 1.29 is 13.2 Å². The first-order valence-electron chi connectivity index (χ1n) is 10.2. The average molecular weight is 430 g/mol. The summed E-state index contributed by atoms with van der Waals surface area (Å²) in [5, 5.41) is 2.53. The Morgan fingerprint density at radius 2 is 1.70 bits per heavy atom. The number of hydrogen-bond acceptors (Lipinski definition) is 4. The summed E-state index contributed by atoms with van der Waals surface area (Å²) in [5.41, 5.74) is 2.85. The minimum Gasteiger partial charge on any atom is -0.355 e. The van der Waals surface area contributed by atoms with Crippen LogP contribution in [0.25, 0.3) is 0 Å². The van der Waals surface area contributed by atoms with Crippen LogP contribution in [0.15, 0.2) is 53.4 Å². The first kappa shape index (κ1) is 22.5. The molecule has 2 aromatic rings. The Morgan fingerprint density at radius 3 is 2.30 bits per heavy atom. The summed E-state index contributed by atoms with van der Waals surface area (Å²) >= 11 is 0. The maximum Gasteiger partial charge on any atom is 0.251 e. The summed E-state index contributed by atoms with van der Waals surface area (Å²) in [7, 11) is -2.17. The van der Waals surface area contributed by atoms with Crippen molar-refractivity contribution in [2.75, 3.05) is 20.1 Å². The van der Waals surface area contributed by atoms with Crippen LogP contribution in [0, 0.1) is 5.41 Å². The number of benzene rings is 2. The van der Waals surface area contributed by atoms with E-state index in [1.807, 2.05) is 20.8 Å². The number of nitrogens with one attached hydrogen (secondary N) is 2. The second-order valence-corrected chi connectivity index (χ2v) is 10.6. The summed E-state index contributed by atoms with van der Waals surface area (Å²) in [4.78, 5) is 14.2. The van der Waals surface area contributed by atoms with Gasteiger partial charge in [0.25, 0.3) is 5.91 Å². The Bertz CT molecular complexity index is 995. The molecule has 0 saturated carbocycles. The molecule has 2 aromatic carbocycles. The fourth-order valence-corrected chi connectivity index (χ4v) is 5.07. The van der Waals surface area contributed by atoms with Crippen LogP contribution >= 0.6 is 0 Å². The molecular formula is C23H31N3O3S. The topological polar surface area (TPSA) is 78.5 Å². The lowest BCUT2D eigenvalue weighted by molar-refractivity contribution is 0.0963. The highest BCUT2D eigenvalue weighted by molar-refractivity contribution is 7.89. The number of amides is 1. The van der Waals surface area contributed by atoms with Gasteiger partial charge in [-0.15, -0.1) is 0 Å². The lowest BCUT2D eigenvalue weighted by Gasteiger charge is -2.37.